The second-order valence-corrected chi connectivity index (χ2v) is 7.00. The monoisotopic (exact) mass is 233 g/mol. The number of hydrogen-bond donors (Lipinski definition) is 0. The number of allylic oxidation sites excluding steroid dienone is 2. The predicted molar refractivity (Wildman–Crippen MR) is 71.4 cm³/mol. The van der Waals surface area contributed by atoms with Gasteiger partial charge in [0.25, 0.3) is 0 Å². The van der Waals surface area contributed by atoms with E-state index in [0.29, 0.717) is 0 Å². The van der Waals surface area contributed by atoms with Gasteiger partial charge in [-0.05, 0) is 25.2 Å². The van der Waals surface area contributed by atoms with Crippen molar-refractivity contribution in [1.29, 1.82) is 0 Å². The maximum Gasteiger partial charge on any atom is 0.182 e. The molecule has 17 heavy (non-hydrogen) atoms. The van der Waals surface area contributed by atoms with Gasteiger partial charge in [-0.1, -0.05) is 39.3 Å². The first kappa shape index (κ1) is 12.5. The van der Waals surface area contributed by atoms with E-state index >= 15 is 0 Å². The fourth-order valence-electron chi connectivity index (χ4n) is 2.73. The third kappa shape index (κ3) is 2.22. The molecule has 1 aliphatic carbocycles. The van der Waals surface area contributed by atoms with Crippen LogP contribution in [0, 0.1) is 16.7 Å². The Balaban J connectivity index is 2.35. The molecule has 0 radical (unpaired) electrons. The molecule has 0 aromatic rings. The summed E-state index contributed by atoms with van der Waals surface area (Å²) in [7, 11) is 0. The van der Waals surface area contributed by atoms with E-state index in [1.165, 1.54) is 5.57 Å². The highest BCUT2D eigenvalue weighted by Crippen LogP contribution is 2.43. The summed E-state index contributed by atoms with van der Waals surface area (Å²) < 4.78 is 0. The summed E-state index contributed by atoms with van der Waals surface area (Å²) in [5, 5.41) is 0. The summed E-state index contributed by atoms with van der Waals surface area (Å²) in [6, 6.07) is 0. The van der Waals surface area contributed by atoms with E-state index in [0.717, 1.165) is 25.1 Å². The van der Waals surface area contributed by atoms with Gasteiger partial charge in [0.1, 0.15) is 0 Å². The highest BCUT2D eigenvalue weighted by molar-refractivity contribution is 6.42. The van der Waals surface area contributed by atoms with Gasteiger partial charge in [-0.15, -0.1) is 0 Å². The SMILES string of the molecule is CC1=CC[C@]2(C)CN=C(C(=O)C(C)(C)C)[C@H]1C2. The largest absolute Gasteiger partial charge is 0.292 e. The lowest BCUT2D eigenvalue weighted by Gasteiger charge is -2.41. The predicted octanol–water partition coefficient (Wildman–Crippen LogP) is 3.42. The second-order valence-electron chi connectivity index (χ2n) is 7.00. The number of nitrogens with zero attached hydrogens (tertiary/aromatic N) is 1. The number of ketones is 1. The molecule has 2 heteroatoms. The van der Waals surface area contributed by atoms with Crippen molar-refractivity contribution in [2.45, 2.75) is 47.5 Å². The van der Waals surface area contributed by atoms with E-state index < -0.39 is 0 Å². The Labute approximate surface area is 104 Å². The number of rotatable bonds is 1. The van der Waals surface area contributed by atoms with Crippen LogP contribution in [-0.4, -0.2) is 18.0 Å². The van der Waals surface area contributed by atoms with Crippen LogP contribution in [0.5, 0.6) is 0 Å². The van der Waals surface area contributed by atoms with Crippen molar-refractivity contribution in [3.05, 3.63) is 11.6 Å². The van der Waals surface area contributed by atoms with Crippen LogP contribution in [-0.2, 0) is 4.79 Å². The zero-order valence-corrected chi connectivity index (χ0v) is 11.6. The smallest absolute Gasteiger partial charge is 0.182 e. The Morgan fingerprint density at radius 1 is 1.47 bits per heavy atom. The summed E-state index contributed by atoms with van der Waals surface area (Å²) in [5.41, 5.74) is 2.12. The van der Waals surface area contributed by atoms with Crippen LogP contribution in [0.25, 0.3) is 0 Å². The van der Waals surface area contributed by atoms with Gasteiger partial charge < -0.3 is 0 Å². The summed E-state index contributed by atoms with van der Waals surface area (Å²) in [4.78, 5) is 17.0. The van der Waals surface area contributed by atoms with Gasteiger partial charge in [-0.2, -0.15) is 0 Å². The molecule has 2 atom stereocenters. The highest BCUT2D eigenvalue weighted by Gasteiger charge is 2.41. The normalized spacial score (nSPS) is 32.9. The van der Waals surface area contributed by atoms with Crippen molar-refractivity contribution in [3.63, 3.8) is 0 Å². The van der Waals surface area contributed by atoms with E-state index in [-0.39, 0.29) is 22.5 Å². The average molecular weight is 233 g/mol. The Bertz CT molecular complexity index is 411. The molecule has 0 saturated carbocycles. The third-order valence-corrected chi connectivity index (χ3v) is 4.04. The molecule has 1 aliphatic heterocycles. The molecule has 0 N–H and O–H groups in total. The van der Waals surface area contributed by atoms with E-state index in [2.05, 4.69) is 24.9 Å². The van der Waals surface area contributed by atoms with Crippen LogP contribution >= 0.6 is 0 Å². The van der Waals surface area contributed by atoms with E-state index in [1.807, 2.05) is 20.8 Å². The van der Waals surface area contributed by atoms with Crippen LogP contribution in [0.1, 0.15) is 47.5 Å². The summed E-state index contributed by atoms with van der Waals surface area (Å²) >= 11 is 0. The van der Waals surface area contributed by atoms with Gasteiger partial charge in [-0.3, -0.25) is 9.79 Å². The van der Waals surface area contributed by atoms with E-state index in [9.17, 15) is 4.79 Å². The van der Waals surface area contributed by atoms with Gasteiger partial charge in [0.15, 0.2) is 5.78 Å². The fourth-order valence-corrected chi connectivity index (χ4v) is 2.73. The lowest BCUT2D eigenvalue weighted by molar-refractivity contribution is -0.120. The first-order valence-corrected chi connectivity index (χ1v) is 6.49. The number of fused-ring (bicyclic) bond motifs is 2. The van der Waals surface area contributed by atoms with Crippen LogP contribution in [0.4, 0.5) is 0 Å². The molecule has 0 fully saturated rings. The van der Waals surface area contributed by atoms with Crippen molar-refractivity contribution in [1.82, 2.24) is 0 Å². The van der Waals surface area contributed by atoms with Crippen LogP contribution in [0.3, 0.4) is 0 Å². The number of aliphatic imine (C=N–C) groups is 1. The zero-order valence-electron chi connectivity index (χ0n) is 11.6. The first-order chi connectivity index (χ1) is 7.73. The quantitative estimate of drug-likeness (QED) is 0.638. The molecule has 2 rings (SSSR count). The Hall–Kier alpha value is -0.920. The molecule has 0 amide bonds. The minimum Gasteiger partial charge on any atom is -0.292 e. The molecule has 2 bridgehead atoms. The standard InChI is InChI=1S/C15H23NO/c1-10-6-7-15(5)8-11(10)12(16-9-15)13(17)14(2,3)4/h6,11H,7-9H2,1-5H3/t11-,15-/m0/s1. The van der Waals surface area contributed by atoms with Crippen molar-refractivity contribution >= 4 is 11.5 Å². The van der Waals surface area contributed by atoms with Gasteiger partial charge in [0, 0.05) is 17.9 Å². The number of Topliss-reactive ketones (excluding diaryl/α,β-unsaturated/α-hetero) is 1. The van der Waals surface area contributed by atoms with Gasteiger partial charge >= 0.3 is 0 Å². The van der Waals surface area contributed by atoms with Crippen LogP contribution in [0.2, 0.25) is 0 Å². The Morgan fingerprint density at radius 3 is 2.71 bits per heavy atom. The van der Waals surface area contributed by atoms with Crippen molar-refractivity contribution < 1.29 is 4.79 Å². The molecule has 2 aliphatic rings. The molecular weight excluding hydrogens is 210 g/mol. The fraction of sp³-hybridized carbons (Fsp3) is 0.733. The molecule has 2 nitrogen and oxygen atoms in total. The lowest BCUT2D eigenvalue weighted by atomic mass is 9.66. The van der Waals surface area contributed by atoms with Crippen LogP contribution in [0.15, 0.2) is 16.6 Å². The molecular formula is C15H23NO. The molecule has 0 spiro atoms. The summed E-state index contributed by atoms with van der Waals surface area (Å²) in [6.45, 7) is 11.2. The number of carbonyl (C=O) groups is 1. The minimum absolute atomic E-state index is 0.221. The number of hydrogen-bond acceptors (Lipinski definition) is 2. The third-order valence-electron chi connectivity index (χ3n) is 4.04. The first-order valence-electron chi connectivity index (χ1n) is 6.49. The van der Waals surface area contributed by atoms with Crippen molar-refractivity contribution in [2.24, 2.45) is 21.7 Å². The van der Waals surface area contributed by atoms with Gasteiger partial charge in [-0.25, -0.2) is 0 Å². The second kappa shape index (κ2) is 3.79. The van der Waals surface area contributed by atoms with Gasteiger partial charge in [0.05, 0.1) is 5.71 Å². The van der Waals surface area contributed by atoms with Crippen molar-refractivity contribution in [3.8, 4) is 0 Å². The molecule has 1 heterocycles. The molecule has 0 unspecified atom stereocenters. The maximum atomic E-state index is 12.4. The minimum atomic E-state index is -0.315. The maximum absolute atomic E-state index is 12.4. The summed E-state index contributed by atoms with van der Waals surface area (Å²) in [6.07, 6.45) is 4.50. The molecule has 94 valence electrons. The average Bonchev–Trinajstić information content (AvgIpc) is 2.22. The number of carbonyl (C=O) groups excluding carboxylic acids is 1. The highest BCUT2D eigenvalue weighted by atomic mass is 16.1. The summed E-state index contributed by atoms with van der Waals surface area (Å²) in [5.74, 6) is 0.494. The Morgan fingerprint density at radius 2 is 2.12 bits per heavy atom. The Kier molecular flexibility index (Phi) is 2.80. The van der Waals surface area contributed by atoms with Gasteiger partial charge in [0.2, 0.25) is 0 Å². The van der Waals surface area contributed by atoms with Crippen LogP contribution < -0.4 is 0 Å². The van der Waals surface area contributed by atoms with E-state index in [4.69, 9.17) is 0 Å². The molecule has 0 aromatic heterocycles. The van der Waals surface area contributed by atoms with Crippen molar-refractivity contribution in [2.75, 3.05) is 6.54 Å². The molecule has 0 saturated heterocycles. The molecule has 0 aromatic carbocycles. The zero-order chi connectivity index (χ0) is 12.8. The lowest BCUT2D eigenvalue weighted by Crippen LogP contribution is -2.43. The van der Waals surface area contributed by atoms with E-state index in [1.54, 1.807) is 0 Å². The topological polar surface area (TPSA) is 29.4 Å².